The first kappa shape index (κ1) is 10.6. The lowest BCUT2D eigenvalue weighted by Gasteiger charge is -2.06. The molecule has 0 aliphatic rings. The van der Waals surface area contributed by atoms with E-state index in [1.165, 1.54) is 6.92 Å². The number of carbonyl (C=O) groups excluding carboxylic acids is 1. The molecule has 0 unspecified atom stereocenters. The molecule has 0 bridgehead atoms. The molecule has 0 saturated carbocycles. The van der Waals surface area contributed by atoms with Gasteiger partial charge in [0, 0.05) is 6.07 Å². The summed E-state index contributed by atoms with van der Waals surface area (Å²) in [6, 6.07) is 2.01. The quantitative estimate of drug-likeness (QED) is 0.578. The van der Waals surface area contributed by atoms with Crippen molar-refractivity contribution in [2.45, 2.75) is 13.0 Å². The number of esters is 1. The van der Waals surface area contributed by atoms with Gasteiger partial charge in [0.25, 0.3) is 0 Å². The van der Waals surface area contributed by atoms with E-state index in [1.807, 2.05) is 0 Å². The minimum Gasteiger partial charge on any atom is -0.425 e. The second kappa shape index (κ2) is 4.15. The average molecular weight is 201 g/mol. The van der Waals surface area contributed by atoms with Gasteiger partial charge in [-0.05, 0) is 19.1 Å². The summed E-state index contributed by atoms with van der Waals surface area (Å²) in [6.07, 6.45) is 0. The van der Waals surface area contributed by atoms with Crippen LogP contribution < -0.4 is 10.5 Å². The first-order chi connectivity index (χ1) is 6.50. The van der Waals surface area contributed by atoms with Gasteiger partial charge in [0.15, 0.2) is 11.6 Å². The Hall–Kier alpha value is -1.49. The zero-order valence-electron chi connectivity index (χ0n) is 7.46. The van der Waals surface area contributed by atoms with Crippen LogP contribution in [0.25, 0.3) is 0 Å². The molecule has 1 atom stereocenters. The SMILES string of the molecule is C[C@H](N)C(=O)Oc1ccc(F)c(F)c1. The maximum absolute atomic E-state index is 12.6. The molecule has 0 fully saturated rings. The molecule has 0 aromatic heterocycles. The maximum Gasteiger partial charge on any atom is 0.328 e. The molecule has 0 amide bonds. The van der Waals surface area contributed by atoms with Crippen LogP contribution in [0.15, 0.2) is 18.2 Å². The summed E-state index contributed by atoms with van der Waals surface area (Å²) >= 11 is 0. The lowest BCUT2D eigenvalue weighted by Crippen LogP contribution is -2.30. The second-order valence-corrected chi connectivity index (χ2v) is 2.79. The molecule has 0 saturated heterocycles. The van der Waals surface area contributed by atoms with E-state index in [1.54, 1.807) is 0 Å². The van der Waals surface area contributed by atoms with Crippen LogP contribution in [0, 0.1) is 11.6 Å². The van der Waals surface area contributed by atoms with Crippen molar-refractivity contribution in [1.29, 1.82) is 0 Å². The first-order valence-corrected chi connectivity index (χ1v) is 3.93. The van der Waals surface area contributed by atoms with Gasteiger partial charge in [0.2, 0.25) is 0 Å². The summed E-state index contributed by atoms with van der Waals surface area (Å²) in [5.74, 6) is -2.83. The number of rotatable bonds is 2. The molecule has 1 aromatic rings. The number of carbonyl (C=O) groups is 1. The molecule has 0 aliphatic carbocycles. The minimum absolute atomic E-state index is 0.0637. The number of hydrogen-bond acceptors (Lipinski definition) is 3. The van der Waals surface area contributed by atoms with Crippen molar-refractivity contribution in [2.24, 2.45) is 5.73 Å². The third kappa shape index (κ3) is 2.50. The van der Waals surface area contributed by atoms with Crippen molar-refractivity contribution in [3.8, 4) is 5.75 Å². The summed E-state index contributed by atoms with van der Waals surface area (Å²) in [7, 11) is 0. The molecule has 0 radical (unpaired) electrons. The molecular formula is C9H9F2NO2. The van der Waals surface area contributed by atoms with E-state index in [4.69, 9.17) is 5.73 Å². The average Bonchev–Trinajstić information content (AvgIpc) is 2.11. The van der Waals surface area contributed by atoms with Crippen molar-refractivity contribution >= 4 is 5.97 Å². The summed E-state index contributed by atoms with van der Waals surface area (Å²) < 4.78 is 29.7. The summed E-state index contributed by atoms with van der Waals surface area (Å²) in [6.45, 7) is 1.43. The third-order valence-corrected chi connectivity index (χ3v) is 1.48. The van der Waals surface area contributed by atoms with E-state index in [2.05, 4.69) is 4.74 Å². The Balaban J connectivity index is 2.78. The molecule has 2 N–H and O–H groups in total. The van der Waals surface area contributed by atoms with Gasteiger partial charge < -0.3 is 10.5 Å². The van der Waals surface area contributed by atoms with Crippen LogP contribution in [-0.4, -0.2) is 12.0 Å². The van der Waals surface area contributed by atoms with E-state index >= 15 is 0 Å². The van der Waals surface area contributed by atoms with Crippen molar-refractivity contribution in [2.75, 3.05) is 0 Å². The Morgan fingerprint density at radius 3 is 2.57 bits per heavy atom. The summed E-state index contributed by atoms with van der Waals surface area (Å²) in [5.41, 5.74) is 5.21. The van der Waals surface area contributed by atoms with Crippen LogP contribution in [0.4, 0.5) is 8.78 Å². The predicted octanol–water partition coefficient (Wildman–Crippen LogP) is 1.22. The summed E-state index contributed by atoms with van der Waals surface area (Å²) in [5, 5.41) is 0. The van der Waals surface area contributed by atoms with E-state index in [9.17, 15) is 13.6 Å². The normalized spacial score (nSPS) is 12.3. The molecule has 14 heavy (non-hydrogen) atoms. The van der Waals surface area contributed by atoms with Crippen LogP contribution in [0.5, 0.6) is 5.75 Å². The third-order valence-electron chi connectivity index (χ3n) is 1.48. The maximum atomic E-state index is 12.6. The monoisotopic (exact) mass is 201 g/mol. The minimum atomic E-state index is -1.07. The van der Waals surface area contributed by atoms with Crippen LogP contribution >= 0.6 is 0 Å². The number of hydrogen-bond donors (Lipinski definition) is 1. The van der Waals surface area contributed by atoms with E-state index in [0.29, 0.717) is 0 Å². The van der Waals surface area contributed by atoms with Crippen molar-refractivity contribution in [3.63, 3.8) is 0 Å². The highest BCUT2D eigenvalue weighted by Gasteiger charge is 2.11. The van der Waals surface area contributed by atoms with Gasteiger partial charge in [-0.2, -0.15) is 0 Å². The lowest BCUT2D eigenvalue weighted by molar-refractivity contribution is -0.135. The number of nitrogens with two attached hydrogens (primary N) is 1. The molecular weight excluding hydrogens is 192 g/mol. The standard InChI is InChI=1S/C9H9F2NO2/c1-5(12)9(13)14-6-2-3-7(10)8(11)4-6/h2-5H,12H2,1H3/t5-/m0/s1. The Bertz CT molecular complexity index is 353. The smallest absolute Gasteiger partial charge is 0.328 e. The van der Waals surface area contributed by atoms with Gasteiger partial charge in [-0.25, -0.2) is 13.6 Å². The molecule has 1 aromatic carbocycles. The Labute approximate surface area is 79.5 Å². The van der Waals surface area contributed by atoms with Crippen LogP contribution in [-0.2, 0) is 4.79 Å². The van der Waals surface area contributed by atoms with Crippen LogP contribution in [0.3, 0.4) is 0 Å². The van der Waals surface area contributed by atoms with Crippen LogP contribution in [0.1, 0.15) is 6.92 Å². The second-order valence-electron chi connectivity index (χ2n) is 2.79. The highest BCUT2D eigenvalue weighted by molar-refractivity contribution is 5.77. The number of benzene rings is 1. The first-order valence-electron chi connectivity index (χ1n) is 3.93. The van der Waals surface area contributed by atoms with Gasteiger partial charge in [0.1, 0.15) is 11.8 Å². The Kier molecular flexibility index (Phi) is 3.14. The molecule has 3 nitrogen and oxygen atoms in total. The lowest BCUT2D eigenvalue weighted by atomic mass is 10.3. The van der Waals surface area contributed by atoms with E-state index in [-0.39, 0.29) is 5.75 Å². The Morgan fingerprint density at radius 1 is 1.43 bits per heavy atom. The van der Waals surface area contributed by atoms with Crippen molar-refractivity contribution in [1.82, 2.24) is 0 Å². The molecule has 0 spiro atoms. The van der Waals surface area contributed by atoms with Gasteiger partial charge in [-0.1, -0.05) is 0 Å². The van der Waals surface area contributed by atoms with Crippen molar-refractivity contribution in [3.05, 3.63) is 29.8 Å². The van der Waals surface area contributed by atoms with Gasteiger partial charge in [-0.3, -0.25) is 0 Å². The molecule has 5 heteroatoms. The highest BCUT2D eigenvalue weighted by atomic mass is 19.2. The van der Waals surface area contributed by atoms with Gasteiger partial charge in [-0.15, -0.1) is 0 Å². The zero-order chi connectivity index (χ0) is 10.7. The van der Waals surface area contributed by atoms with E-state index < -0.39 is 23.6 Å². The van der Waals surface area contributed by atoms with Crippen molar-refractivity contribution < 1.29 is 18.3 Å². The number of halogens is 2. The molecule has 1 rings (SSSR count). The fraction of sp³-hybridized carbons (Fsp3) is 0.222. The highest BCUT2D eigenvalue weighted by Crippen LogP contribution is 2.15. The Morgan fingerprint density at radius 2 is 2.07 bits per heavy atom. The largest absolute Gasteiger partial charge is 0.425 e. The fourth-order valence-corrected chi connectivity index (χ4v) is 0.749. The van der Waals surface area contributed by atoms with Crippen LogP contribution in [0.2, 0.25) is 0 Å². The molecule has 76 valence electrons. The van der Waals surface area contributed by atoms with Gasteiger partial charge in [0.05, 0.1) is 0 Å². The summed E-state index contributed by atoms with van der Waals surface area (Å²) in [4.78, 5) is 10.9. The zero-order valence-corrected chi connectivity index (χ0v) is 7.46. The number of ether oxygens (including phenoxy) is 1. The van der Waals surface area contributed by atoms with E-state index in [0.717, 1.165) is 18.2 Å². The predicted molar refractivity (Wildman–Crippen MR) is 45.6 cm³/mol. The topological polar surface area (TPSA) is 52.3 Å². The fourth-order valence-electron chi connectivity index (χ4n) is 0.749. The molecule has 0 heterocycles. The molecule has 0 aliphatic heterocycles. The van der Waals surface area contributed by atoms with Gasteiger partial charge >= 0.3 is 5.97 Å².